The Labute approximate surface area is 188 Å². The maximum absolute atomic E-state index is 12.3. The molecule has 1 aromatic carbocycles. The van der Waals surface area contributed by atoms with Crippen LogP contribution in [0.25, 0.3) is 6.08 Å². The van der Waals surface area contributed by atoms with Gasteiger partial charge in [0.15, 0.2) is 6.61 Å². The summed E-state index contributed by atoms with van der Waals surface area (Å²) in [4.78, 5) is 24.0. The van der Waals surface area contributed by atoms with E-state index in [2.05, 4.69) is 17.0 Å². The van der Waals surface area contributed by atoms with Gasteiger partial charge >= 0.3 is 5.97 Å². The van der Waals surface area contributed by atoms with Gasteiger partial charge in [-0.1, -0.05) is 31.9 Å². The van der Waals surface area contributed by atoms with Crippen LogP contribution in [0.2, 0.25) is 0 Å². The molecule has 172 valence electrons. The van der Waals surface area contributed by atoms with Crippen LogP contribution >= 0.6 is 0 Å². The molecule has 0 saturated heterocycles. The Morgan fingerprint density at radius 2 is 1.91 bits per heavy atom. The standard InChI is InChI=1S/C23H28N2O6S/c1-17-5-2-3-7-21(17)25-22(26)16-31-23(27)13-10-18-8-11-20(12-9-18)32(28,29)24-15-19-6-4-14-30-19/h4,6,8-14,17,21,24H,2-3,5,7,15-16H2,1H3,(H,25,26)/b13-10+. The third-order valence-corrected chi connectivity index (χ3v) is 6.84. The number of carbonyl (C=O) groups excluding carboxylic acids is 2. The Bertz CT molecular complexity index is 1030. The zero-order valence-corrected chi connectivity index (χ0v) is 18.8. The first kappa shape index (κ1) is 23.7. The molecule has 0 spiro atoms. The summed E-state index contributed by atoms with van der Waals surface area (Å²) in [6.45, 7) is 1.84. The Morgan fingerprint density at radius 3 is 2.59 bits per heavy atom. The molecule has 0 radical (unpaired) electrons. The highest BCUT2D eigenvalue weighted by Crippen LogP contribution is 2.23. The van der Waals surface area contributed by atoms with E-state index in [0.29, 0.717) is 17.2 Å². The van der Waals surface area contributed by atoms with E-state index >= 15 is 0 Å². The van der Waals surface area contributed by atoms with Crippen molar-refractivity contribution in [2.75, 3.05) is 6.61 Å². The van der Waals surface area contributed by atoms with E-state index in [4.69, 9.17) is 9.15 Å². The largest absolute Gasteiger partial charge is 0.468 e. The monoisotopic (exact) mass is 460 g/mol. The zero-order chi connectivity index (χ0) is 23.0. The van der Waals surface area contributed by atoms with E-state index in [9.17, 15) is 18.0 Å². The molecule has 2 aromatic rings. The molecule has 1 saturated carbocycles. The zero-order valence-electron chi connectivity index (χ0n) is 18.0. The highest BCUT2D eigenvalue weighted by molar-refractivity contribution is 7.89. The Hall–Kier alpha value is -2.91. The molecule has 2 N–H and O–H groups in total. The van der Waals surface area contributed by atoms with Gasteiger partial charge in [0.25, 0.3) is 5.91 Å². The molecule has 1 amide bonds. The number of carbonyl (C=O) groups is 2. The number of hydrogen-bond acceptors (Lipinski definition) is 6. The van der Waals surface area contributed by atoms with Gasteiger partial charge in [-0.05, 0) is 54.7 Å². The molecule has 2 atom stereocenters. The molecule has 0 aliphatic heterocycles. The lowest BCUT2D eigenvalue weighted by Gasteiger charge is -2.29. The van der Waals surface area contributed by atoms with Crippen LogP contribution in [0.15, 0.2) is 58.1 Å². The molecular formula is C23H28N2O6S. The van der Waals surface area contributed by atoms with Gasteiger partial charge in [0.1, 0.15) is 5.76 Å². The summed E-state index contributed by atoms with van der Waals surface area (Å²) in [5.41, 5.74) is 0.618. The second-order valence-electron chi connectivity index (χ2n) is 7.85. The van der Waals surface area contributed by atoms with Crippen molar-refractivity contribution in [1.29, 1.82) is 0 Å². The van der Waals surface area contributed by atoms with Crippen molar-refractivity contribution < 1.29 is 27.2 Å². The van der Waals surface area contributed by atoms with Crippen LogP contribution in [-0.2, 0) is 30.9 Å². The fourth-order valence-corrected chi connectivity index (χ4v) is 4.54. The quantitative estimate of drug-likeness (QED) is 0.439. The van der Waals surface area contributed by atoms with Gasteiger partial charge in [-0.3, -0.25) is 4.79 Å². The van der Waals surface area contributed by atoms with Crippen molar-refractivity contribution >= 4 is 28.0 Å². The maximum atomic E-state index is 12.3. The number of benzene rings is 1. The second-order valence-corrected chi connectivity index (χ2v) is 9.62. The minimum atomic E-state index is -3.69. The predicted molar refractivity (Wildman–Crippen MR) is 119 cm³/mol. The van der Waals surface area contributed by atoms with E-state index in [1.165, 1.54) is 37.0 Å². The van der Waals surface area contributed by atoms with Crippen LogP contribution in [0.5, 0.6) is 0 Å². The number of rotatable bonds is 9. The lowest BCUT2D eigenvalue weighted by atomic mass is 9.86. The summed E-state index contributed by atoms with van der Waals surface area (Å²) in [6, 6.07) is 9.51. The molecule has 1 aromatic heterocycles. The fraction of sp³-hybridized carbons (Fsp3) is 0.391. The average molecular weight is 461 g/mol. The van der Waals surface area contributed by atoms with Crippen molar-refractivity contribution in [2.45, 2.75) is 50.1 Å². The van der Waals surface area contributed by atoms with E-state index in [0.717, 1.165) is 19.3 Å². The predicted octanol–water partition coefficient (Wildman–Crippen LogP) is 3.01. The minimum absolute atomic E-state index is 0.0517. The number of esters is 1. The average Bonchev–Trinajstić information content (AvgIpc) is 3.31. The van der Waals surface area contributed by atoms with E-state index in [1.54, 1.807) is 24.3 Å². The molecule has 1 heterocycles. The molecule has 1 aliphatic carbocycles. The number of ether oxygens (including phenoxy) is 1. The highest BCUT2D eigenvalue weighted by atomic mass is 32.2. The van der Waals surface area contributed by atoms with Crippen molar-refractivity contribution in [3.8, 4) is 0 Å². The minimum Gasteiger partial charge on any atom is -0.468 e. The topological polar surface area (TPSA) is 115 Å². The van der Waals surface area contributed by atoms with Gasteiger partial charge in [-0.25, -0.2) is 17.9 Å². The summed E-state index contributed by atoms with van der Waals surface area (Å²) in [5, 5.41) is 2.93. The first-order valence-corrected chi connectivity index (χ1v) is 12.1. The number of nitrogens with one attached hydrogen (secondary N) is 2. The molecule has 0 bridgehead atoms. The number of furan rings is 1. The third-order valence-electron chi connectivity index (χ3n) is 5.42. The van der Waals surface area contributed by atoms with Crippen LogP contribution in [0, 0.1) is 5.92 Å². The highest BCUT2D eigenvalue weighted by Gasteiger charge is 2.23. The van der Waals surface area contributed by atoms with Crippen LogP contribution < -0.4 is 10.0 Å². The molecule has 8 nitrogen and oxygen atoms in total. The van der Waals surface area contributed by atoms with Crippen LogP contribution in [-0.4, -0.2) is 32.9 Å². The summed E-state index contributed by atoms with van der Waals surface area (Å²) in [5.74, 6) is -0.0141. The second kappa shape index (κ2) is 11.1. The first-order chi connectivity index (χ1) is 15.3. The molecule has 3 rings (SSSR count). The third kappa shape index (κ3) is 7.06. The number of hydrogen-bond donors (Lipinski definition) is 2. The van der Waals surface area contributed by atoms with Crippen molar-refractivity contribution in [3.05, 3.63) is 60.1 Å². The Kier molecular flexibility index (Phi) is 8.24. The summed E-state index contributed by atoms with van der Waals surface area (Å²) >= 11 is 0. The van der Waals surface area contributed by atoms with Crippen LogP contribution in [0.4, 0.5) is 0 Å². The van der Waals surface area contributed by atoms with E-state index < -0.39 is 16.0 Å². The molecule has 1 aliphatic rings. The Morgan fingerprint density at radius 1 is 1.16 bits per heavy atom. The van der Waals surface area contributed by atoms with E-state index in [-0.39, 0.29) is 30.0 Å². The maximum Gasteiger partial charge on any atom is 0.331 e. The van der Waals surface area contributed by atoms with Crippen molar-refractivity contribution in [3.63, 3.8) is 0 Å². The summed E-state index contributed by atoms with van der Waals surface area (Å²) in [6.07, 6.45) is 8.49. The molecule has 32 heavy (non-hydrogen) atoms. The van der Waals surface area contributed by atoms with Crippen LogP contribution in [0.1, 0.15) is 43.9 Å². The summed E-state index contributed by atoms with van der Waals surface area (Å²) < 4.78 is 37.2. The molecule has 2 unspecified atom stereocenters. The SMILES string of the molecule is CC1CCCCC1NC(=O)COC(=O)/C=C/c1ccc(S(=O)(=O)NCc2ccco2)cc1. The van der Waals surface area contributed by atoms with Gasteiger partial charge in [0.05, 0.1) is 17.7 Å². The molecule has 9 heteroatoms. The Balaban J connectivity index is 1.45. The van der Waals surface area contributed by atoms with Gasteiger partial charge in [0, 0.05) is 12.1 Å². The van der Waals surface area contributed by atoms with E-state index in [1.807, 2.05) is 0 Å². The fourth-order valence-electron chi connectivity index (χ4n) is 3.55. The normalized spacial score (nSPS) is 19.0. The van der Waals surface area contributed by atoms with Gasteiger partial charge in [-0.15, -0.1) is 0 Å². The van der Waals surface area contributed by atoms with Gasteiger partial charge < -0.3 is 14.5 Å². The molecule has 1 fully saturated rings. The first-order valence-electron chi connectivity index (χ1n) is 10.6. The summed E-state index contributed by atoms with van der Waals surface area (Å²) in [7, 11) is -3.69. The van der Waals surface area contributed by atoms with Gasteiger partial charge in [-0.2, -0.15) is 0 Å². The van der Waals surface area contributed by atoms with Crippen molar-refractivity contribution in [1.82, 2.24) is 10.0 Å². The lowest BCUT2D eigenvalue weighted by Crippen LogP contribution is -2.42. The van der Waals surface area contributed by atoms with Gasteiger partial charge in [0.2, 0.25) is 10.0 Å². The number of amides is 1. The number of sulfonamides is 1. The lowest BCUT2D eigenvalue weighted by molar-refractivity contribution is -0.144. The smallest absolute Gasteiger partial charge is 0.331 e. The van der Waals surface area contributed by atoms with Crippen LogP contribution in [0.3, 0.4) is 0 Å². The molecular weight excluding hydrogens is 432 g/mol. The van der Waals surface area contributed by atoms with Crippen molar-refractivity contribution in [2.24, 2.45) is 5.92 Å².